The molecule has 0 amide bonds. The molecule has 17 heavy (non-hydrogen) atoms. The van der Waals surface area contributed by atoms with Gasteiger partial charge in [0.15, 0.2) is 0 Å². The fourth-order valence-electron chi connectivity index (χ4n) is 1.38. The average molecular weight is 244 g/mol. The van der Waals surface area contributed by atoms with E-state index in [0.29, 0.717) is 11.1 Å². The molecule has 1 rings (SSSR count). The molecule has 92 valence electrons. The zero-order valence-electron chi connectivity index (χ0n) is 8.92. The molecule has 0 aliphatic heterocycles. The quantitative estimate of drug-likeness (QED) is 0.825. The van der Waals surface area contributed by atoms with Gasteiger partial charge in [0.25, 0.3) is 0 Å². The van der Waals surface area contributed by atoms with Crippen LogP contribution in [0.4, 0.5) is 13.2 Å². The molecule has 2 nitrogen and oxygen atoms in total. The first kappa shape index (κ1) is 13.3. The summed E-state index contributed by atoms with van der Waals surface area (Å²) >= 11 is 0. The first-order chi connectivity index (χ1) is 7.79. The number of carboxylic acid groups (broad SMARTS) is 1. The highest BCUT2D eigenvalue weighted by molar-refractivity contribution is 5.69. The minimum absolute atomic E-state index is 0.180. The lowest BCUT2D eigenvalue weighted by atomic mass is 10.0. The van der Waals surface area contributed by atoms with E-state index in [9.17, 15) is 18.0 Å². The molecule has 0 fully saturated rings. The number of rotatable bonds is 4. The van der Waals surface area contributed by atoms with Crippen molar-refractivity contribution in [3.63, 3.8) is 0 Å². The summed E-state index contributed by atoms with van der Waals surface area (Å²) in [5.74, 6) is -0.998. The summed E-state index contributed by atoms with van der Waals surface area (Å²) in [6.45, 7) is 3.56. The first-order valence-corrected chi connectivity index (χ1v) is 4.83. The smallest absolute Gasteiger partial charge is 0.416 e. The molecule has 0 heterocycles. The van der Waals surface area contributed by atoms with Crippen LogP contribution >= 0.6 is 0 Å². The predicted octanol–water partition coefficient (Wildman–Crippen LogP) is 3.28. The third kappa shape index (κ3) is 4.30. The lowest BCUT2D eigenvalue weighted by Crippen LogP contribution is -2.05. The minimum Gasteiger partial charge on any atom is -0.481 e. The van der Waals surface area contributed by atoms with Crippen molar-refractivity contribution in [3.05, 3.63) is 47.5 Å². The van der Waals surface area contributed by atoms with Crippen molar-refractivity contribution in [2.45, 2.75) is 19.0 Å². The summed E-state index contributed by atoms with van der Waals surface area (Å²) in [6.07, 6.45) is -4.26. The third-order valence-electron chi connectivity index (χ3n) is 2.14. The van der Waals surface area contributed by atoms with Crippen molar-refractivity contribution >= 4 is 5.97 Å². The molecule has 1 aromatic rings. The Labute approximate surface area is 96.4 Å². The Morgan fingerprint density at radius 3 is 2.18 bits per heavy atom. The van der Waals surface area contributed by atoms with E-state index >= 15 is 0 Å². The molecule has 0 bridgehead atoms. The highest BCUT2D eigenvalue weighted by atomic mass is 19.4. The largest absolute Gasteiger partial charge is 0.481 e. The van der Waals surface area contributed by atoms with Gasteiger partial charge < -0.3 is 5.11 Å². The van der Waals surface area contributed by atoms with Gasteiger partial charge in [-0.15, -0.1) is 0 Å². The van der Waals surface area contributed by atoms with Crippen LogP contribution in [0.5, 0.6) is 0 Å². The fraction of sp³-hybridized carbons (Fsp3) is 0.250. The number of carboxylic acids is 1. The van der Waals surface area contributed by atoms with Crippen molar-refractivity contribution in [1.29, 1.82) is 0 Å². The second-order valence-corrected chi connectivity index (χ2v) is 3.69. The van der Waals surface area contributed by atoms with E-state index in [4.69, 9.17) is 5.11 Å². The summed E-state index contributed by atoms with van der Waals surface area (Å²) in [4.78, 5) is 10.4. The van der Waals surface area contributed by atoms with Gasteiger partial charge in [-0.2, -0.15) is 13.2 Å². The second-order valence-electron chi connectivity index (χ2n) is 3.69. The predicted molar refractivity (Wildman–Crippen MR) is 56.5 cm³/mol. The number of benzene rings is 1. The van der Waals surface area contributed by atoms with Gasteiger partial charge in [-0.05, 0) is 24.1 Å². The zero-order chi connectivity index (χ0) is 13.1. The molecule has 0 spiro atoms. The molecule has 0 atom stereocenters. The zero-order valence-corrected chi connectivity index (χ0v) is 8.92. The Morgan fingerprint density at radius 2 is 1.76 bits per heavy atom. The van der Waals surface area contributed by atoms with E-state index in [1.54, 1.807) is 0 Å². The molecule has 5 heteroatoms. The summed E-state index contributed by atoms with van der Waals surface area (Å²) in [6, 6.07) is 4.61. The topological polar surface area (TPSA) is 37.3 Å². The molecule has 0 unspecified atom stereocenters. The van der Waals surface area contributed by atoms with E-state index in [2.05, 4.69) is 6.58 Å². The molecule has 0 aliphatic carbocycles. The number of hydrogen-bond acceptors (Lipinski definition) is 1. The molecule has 0 aliphatic rings. The minimum atomic E-state index is -4.35. The number of carbonyl (C=O) groups is 1. The Kier molecular flexibility index (Phi) is 3.93. The first-order valence-electron chi connectivity index (χ1n) is 4.83. The van der Waals surface area contributed by atoms with Gasteiger partial charge in [-0.1, -0.05) is 24.3 Å². The highest BCUT2D eigenvalue weighted by Crippen LogP contribution is 2.29. The molecule has 1 aromatic carbocycles. The van der Waals surface area contributed by atoms with Gasteiger partial charge in [0, 0.05) is 0 Å². The molecule has 0 aromatic heterocycles. The monoisotopic (exact) mass is 244 g/mol. The maximum atomic E-state index is 12.3. The normalized spacial score (nSPS) is 11.2. The van der Waals surface area contributed by atoms with E-state index in [1.165, 1.54) is 12.1 Å². The molecular weight excluding hydrogens is 233 g/mol. The van der Waals surface area contributed by atoms with Gasteiger partial charge in [0.2, 0.25) is 0 Å². The van der Waals surface area contributed by atoms with Gasteiger partial charge in [0.1, 0.15) is 0 Å². The van der Waals surface area contributed by atoms with Crippen LogP contribution in [0.15, 0.2) is 36.4 Å². The third-order valence-corrected chi connectivity index (χ3v) is 2.14. The maximum absolute atomic E-state index is 12.3. The second kappa shape index (κ2) is 5.03. The van der Waals surface area contributed by atoms with Crippen molar-refractivity contribution in [1.82, 2.24) is 0 Å². The van der Waals surface area contributed by atoms with Gasteiger partial charge in [-0.3, -0.25) is 4.79 Å². The maximum Gasteiger partial charge on any atom is 0.416 e. The van der Waals surface area contributed by atoms with E-state index in [0.717, 1.165) is 12.1 Å². The van der Waals surface area contributed by atoms with Crippen LogP contribution in [0, 0.1) is 0 Å². The molecule has 0 saturated carbocycles. The number of hydrogen-bond donors (Lipinski definition) is 1. The van der Waals surface area contributed by atoms with Crippen LogP contribution in [-0.2, 0) is 17.4 Å². The Hall–Kier alpha value is -1.78. The summed E-state index contributed by atoms with van der Waals surface area (Å²) in [7, 11) is 0. The van der Waals surface area contributed by atoms with Crippen LogP contribution in [0.25, 0.3) is 0 Å². The van der Waals surface area contributed by atoms with Crippen LogP contribution in [0.3, 0.4) is 0 Å². The van der Waals surface area contributed by atoms with Crippen molar-refractivity contribution in [2.75, 3.05) is 0 Å². The van der Waals surface area contributed by atoms with Gasteiger partial charge >= 0.3 is 12.1 Å². The molecule has 0 radical (unpaired) electrons. The van der Waals surface area contributed by atoms with Crippen molar-refractivity contribution in [3.8, 4) is 0 Å². The number of alkyl halides is 3. The van der Waals surface area contributed by atoms with Gasteiger partial charge in [0.05, 0.1) is 12.0 Å². The molecule has 1 N–H and O–H groups in total. The molecular formula is C12H11F3O2. The van der Waals surface area contributed by atoms with E-state index in [-0.39, 0.29) is 12.8 Å². The van der Waals surface area contributed by atoms with Crippen LogP contribution < -0.4 is 0 Å². The lowest BCUT2D eigenvalue weighted by molar-refractivity contribution is -0.138. The standard InChI is InChI=1S/C12H11F3O2/c1-8(7-11(16)17)6-9-2-4-10(5-3-9)12(13,14)15/h2-5H,1,6-7H2,(H,16,17). The number of halogens is 3. The van der Waals surface area contributed by atoms with Crippen LogP contribution in [-0.4, -0.2) is 11.1 Å². The Morgan fingerprint density at radius 1 is 1.24 bits per heavy atom. The van der Waals surface area contributed by atoms with Crippen LogP contribution in [0.1, 0.15) is 17.5 Å². The highest BCUT2D eigenvalue weighted by Gasteiger charge is 2.29. The van der Waals surface area contributed by atoms with Gasteiger partial charge in [-0.25, -0.2) is 0 Å². The number of aliphatic carboxylic acids is 1. The molecule has 0 saturated heterocycles. The fourth-order valence-corrected chi connectivity index (χ4v) is 1.38. The van der Waals surface area contributed by atoms with Crippen molar-refractivity contribution in [2.24, 2.45) is 0 Å². The Bertz CT molecular complexity index is 418. The van der Waals surface area contributed by atoms with Crippen LogP contribution in [0.2, 0.25) is 0 Å². The van der Waals surface area contributed by atoms with Crippen molar-refractivity contribution < 1.29 is 23.1 Å². The summed E-state index contributed by atoms with van der Waals surface area (Å²) in [5, 5.41) is 8.50. The lowest BCUT2D eigenvalue weighted by Gasteiger charge is -2.08. The summed E-state index contributed by atoms with van der Waals surface area (Å²) < 4.78 is 36.8. The summed E-state index contributed by atoms with van der Waals surface area (Å²) in [5.41, 5.74) is 0.353. The van der Waals surface area contributed by atoms with E-state index in [1.807, 2.05) is 0 Å². The Balaban J connectivity index is 2.69. The van der Waals surface area contributed by atoms with E-state index < -0.39 is 17.7 Å². The average Bonchev–Trinajstić information content (AvgIpc) is 2.15. The SMILES string of the molecule is C=C(CC(=O)O)Cc1ccc(C(F)(F)F)cc1.